The van der Waals surface area contributed by atoms with Gasteiger partial charge in [-0.25, -0.2) is 0 Å². The van der Waals surface area contributed by atoms with Gasteiger partial charge in [-0.15, -0.1) is 0 Å². The van der Waals surface area contributed by atoms with Gasteiger partial charge in [0.15, 0.2) is 0 Å². The minimum Gasteiger partial charge on any atom is -0.462 e. The smallest absolute Gasteiger partial charge is 0.309 e. The van der Waals surface area contributed by atoms with Crippen LogP contribution in [0.1, 0.15) is 77.6 Å². The molecule has 0 N–H and O–H groups in total. The summed E-state index contributed by atoms with van der Waals surface area (Å²) < 4.78 is 5.83. The summed E-state index contributed by atoms with van der Waals surface area (Å²) in [6.45, 7) is 2.25. The normalized spacial score (nSPS) is 30.4. The summed E-state index contributed by atoms with van der Waals surface area (Å²) >= 11 is 0. The first-order valence-corrected chi connectivity index (χ1v) is 10.1. The molecule has 3 heteroatoms. The summed E-state index contributed by atoms with van der Waals surface area (Å²) in [5.74, 6) is 1.81. The van der Waals surface area contributed by atoms with E-state index in [1.807, 2.05) is 12.1 Å². The van der Waals surface area contributed by atoms with Crippen molar-refractivity contribution in [3.05, 3.63) is 24.3 Å². The average Bonchev–Trinajstić information content (AvgIpc) is 2.66. The molecule has 3 nitrogen and oxygen atoms in total. The van der Waals surface area contributed by atoms with E-state index >= 15 is 0 Å². The van der Waals surface area contributed by atoms with E-state index in [9.17, 15) is 4.79 Å². The Balaban J connectivity index is 1.60. The quantitative estimate of drug-likeness (QED) is 0.337. The van der Waals surface area contributed by atoms with Gasteiger partial charge in [-0.2, -0.15) is 5.26 Å². The predicted molar refractivity (Wildman–Crippen MR) is 101 cm³/mol. The van der Waals surface area contributed by atoms with Crippen LogP contribution in [0, 0.1) is 29.1 Å². The van der Waals surface area contributed by atoms with Crippen molar-refractivity contribution in [2.24, 2.45) is 17.8 Å². The molecule has 0 bridgehead atoms. The van der Waals surface area contributed by atoms with E-state index in [0.717, 1.165) is 43.9 Å². The largest absolute Gasteiger partial charge is 0.462 e. The van der Waals surface area contributed by atoms with Crippen LogP contribution in [0.2, 0.25) is 0 Å². The summed E-state index contributed by atoms with van der Waals surface area (Å²) in [7, 11) is 0. The molecule has 2 aliphatic carbocycles. The molecule has 0 saturated heterocycles. The average molecular weight is 344 g/mol. The number of nitrogens with zero attached hydrogens (tertiary/aromatic N) is 1. The lowest BCUT2D eigenvalue weighted by Gasteiger charge is -2.31. The number of hydrogen-bond acceptors (Lipinski definition) is 3. The Morgan fingerprint density at radius 1 is 1.04 bits per heavy atom. The molecule has 0 amide bonds. The van der Waals surface area contributed by atoms with Crippen molar-refractivity contribution in [1.29, 1.82) is 5.26 Å². The molecule has 2 fully saturated rings. The van der Waals surface area contributed by atoms with Crippen molar-refractivity contribution in [3.8, 4) is 6.07 Å². The molecule has 0 radical (unpaired) electrons. The Labute approximate surface area is 153 Å². The van der Waals surface area contributed by atoms with Crippen LogP contribution in [-0.2, 0) is 9.53 Å². The number of ether oxygens (including phenoxy) is 1. The molecule has 2 rings (SSSR count). The maximum Gasteiger partial charge on any atom is 0.309 e. The molecule has 2 saturated carbocycles. The Hall–Kier alpha value is -1.56. The van der Waals surface area contributed by atoms with Gasteiger partial charge in [0.05, 0.1) is 12.0 Å². The zero-order valence-corrected chi connectivity index (χ0v) is 15.7. The fourth-order valence-electron chi connectivity index (χ4n) is 4.21. The SMILES string of the molecule is CCC1CCC(C(=O)OC2CCC(CC/C=C/C=CC#N)CC2)CC1. The number of allylic oxidation sites excluding steroid dienone is 4. The zero-order valence-electron chi connectivity index (χ0n) is 15.7. The van der Waals surface area contributed by atoms with Gasteiger partial charge >= 0.3 is 5.97 Å². The molecule has 0 aliphatic heterocycles. The monoisotopic (exact) mass is 343 g/mol. The van der Waals surface area contributed by atoms with Gasteiger partial charge in [0, 0.05) is 6.08 Å². The molecule has 2 aliphatic rings. The van der Waals surface area contributed by atoms with Crippen LogP contribution in [0.25, 0.3) is 0 Å². The standard InChI is InChI=1S/C22H33NO2/c1-2-18-9-13-20(14-10-18)22(24)25-21-15-11-19(12-16-21)8-6-4-3-5-7-17-23/h3-5,7,18-21H,2,6,8-16H2,1H3/b4-3+,7-5?. The second kappa shape index (κ2) is 11.1. The number of carbonyl (C=O) groups excluding carboxylic acids is 1. The van der Waals surface area contributed by atoms with Crippen LogP contribution in [0.4, 0.5) is 0 Å². The fourth-order valence-corrected chi connectivity index (χ4v) is 4.21. The number of hydrogen-bond donors (Lipinski definition) is 0. The van der Waals surface area contributed by atoms with Gasteiger partial charge in [-0.3, -0.25) is 4.79 Å². The Morgan fingerprint density at radius 2 is 1.72 bits per heavy atom. The minimum absolute atomic E-state index is 0.0743. The van der Waals surface area contributed by atoms with Crippen LogP contribution >= 0.6 is 0 Å². The lowest BCUT2D eigenvalue weighted by atomic mass is 9.80. The summed E-state index contributed by atoms with van der Waals surface area (Å²) in [6.07, 6.45) is 19.8. The summed E-state index contributed by atoms with van der Waals surface area (Å²) in [5.41, 5.74) is 0. The molecule has 0 aromatic carbocycles. The number of nitriles is 1. The lowest BCUT2D eigenvalue weighted by Crippen LogP contribution is -2.30. The van der Waals surface area contributed by atoms with E-state index in [2.05, 4.69) is 13.0 Å². The maximum atomic E-state index is 12.4. The van der Waals surface area contributed by atoms with Gasteiger partial charge < -0.3 is 4.74 Å². The van der Waals surface area contributed by atoms with Crippen LogP contribution < -0.4 is 0 Å². The highest BCUT2D eigenvalue weighted by atomic mass is 16.5. The highest BCUT2D eigenvalue weighted by Crippen LogP contribution is 2.34. The van der Waals surface area contributed by atoms with E-state index < -0.39 is 0 Å². The first-order valence-electron chi connectivity index (χ1n) is 10.1. The van der Waals surface area contributed by atoms with Crippen LogP contribution in [0.15, 0.2) is 24.3 Å². The molecular weight excluding hydrogens is 310 g/mol. The molecule has 0 aromatic heterocycles. The molecule has 0 unspecified atom stereocenters. The van der Waals surface area contributed by atoms with E-state index in [0.29, 0.717) is 0 Å². The third-order valence-electron chi connectivity index (χ3n) is 5.99. The Morgan fingerprint density at radius 3 is 2.36 bits per heavy atom. The number of carbonyl (C=O) groups is 1. The molecule has 25 heavy (non-hydrogen) atoms. The molecule has 0 spiro atoms. The molecule has 138 valence electrons. The summed E-state index contributed by atoms with van der Waals surface area (Å²) in [5, 5.41) is 8.41. The van der Waals surface area contributed by atoms with Crippen molar-refractivity contribution < 1.29 is 9.53 Å². The zero-order chi connectivity index (χ0) is 17.9. The van der Waals surface area contributed by atoms with Gasteiger partial charge in [0.2, 0.25) is 0 Å². The fraction of sp³-hybridized carbons (Fsp3) is 0.727. The van der Waals surface area contributed by atoms with Gasteiger partial charge in [-0.1, -0.05) is 31.6 Å². The van der Waals surface area contributed by atoms with Gasteiger partial charge in [0.1, 0.15) is 6.10 Å². The van der Waals surface area contributed by atoms with Crippen LogP contribution in [-0.4, -0.2) is 12.1 Å². The van der Waals surface area contributed by atoms with E-state index in [-0.39, 0.29) is 18.0 Å². The van der Waals surface area contributed by atoms with Crippen molar-refractivity contribution >= 4 is 5.97 Å². The first-order chi connectivity index (χ1) is 12.2. The van der Waals surface area contributed by atoms with Crippen molar-refractivity contribution in [3.63, 3.8) is 0 Å². The highest BCUT2D eigenvalue weighted by Gasteiger charge is 2.30. The Kier molecular flexibility index (Phi) is 8.80. The van der Waals surface area contributed by atoms with E-state index in [1.54, 1.807) is 6.08 Å². The predicted octanol–water partition coefficient (Wildman–Crippen LogP) is 5.72. The van der Waals surface area contributed by atoms with Crippen molar-refractivity contribution in [2.45, 2.75) is 83.7 Å². The van der Waals surface area contributed by atoms with Crippen molar-refractivity contribution in [1.82, 2.24) is 0 Å². The Bertz CT molecular complexity index is 487. The second-order valence-electron chi connectivity index (χ2n) is 7.70. The summed E-state index contributed by atoms with van der Waals surface area (Å²) in [4.78, 5) is 12.4. The second-order valence-corrected chi connectivity index (χ2v) is 7.70. The lowest BCUT2D eigenvalue weighted by molar-refractivity contribution is -0.157. The van der Waals surface area contributed by atoms with E-state index in [1.165, 1.54) is 44.6 Å². The first kappa shape index (κ1) is 19.8. The third-order valence-corrected chi connectivity index (χ3v) is 5.99. The highest BCUT2D eigenvalue weighted by molar-refractivity contribution is 5.72. The third kappa shape index (κ3) is 7.06. The molecular formula is C22H33NO2. The molecule has 0 atom stereocenters. The number of rotatable bonds is 7. The summed E-state index contributed by atoms with van der Waals surface area (Å²) in [6, 6.07) is 1.98. The molecule has 0 aromatic rings. The van der Waals surface area contributed by atoms with Crippen molar-refractivity contribution in [2.75, 3.05) is 0 Å². The molecule has 0 heterocycles. The van der Waals surface area contributed by atoms with Gasteiger partial charge in [-0.05, 0) is 76.0 Å². The van der Waals surface area contributed by atoms with Crippen LogP contribution in [0.5, 0.6) is 0 Å². The van der Waals surface area contributed by atoms with Gasteiger partial charge in [0.25, 0.3) is 0 Å². The topological polar surface area (TPSA) is 50.1 Å². The maximum absolute atomic E-state index is 12.4. The minimum atomic E-state index is 0.0743. The van der Waals surface area contributed by atoms with E-state index in [4.69, 9.17) is 10.00 Å². The van der Waals surface area contributed by atoms with Crippen LogP contribution in [0.3, 0.4) is 0 Å². The number of esters is 1.